The van der Waals surface area contributed by atoms with E-state index in [4.69, 9.17) is 4.74 Å². The SMILES string of the molecule is COc1ccc(C(=O)N2C[C@@H](O)[C@H](NCCc3ncccc3C)C2)cc1. The third kappa shape index (κ3) is 4.20. The number of hydrogen-bond acceptors (Lipinski definition) is 5. The van der Waals surface area contributed by atoms with Crippen molar-refractivity contribution in [3.05, 3.63) is 59.4 Å². The predicted molar refractivity (Wildman–Crippen MR) is 99.4 cm³/mol. The molecule has 1 aromatic carbocycles. The number of rotatable bonds is 6. The standard InChI is InChI=1S/C20H25N3O3/c1-14-4-3-10-21-17(14)9-11-22-18-12-23(13-19(18)24)20(25)15-5-7-16(26-2)8-6-15/h3-8,10,18-19,22,24H,9,11-13H2,1-2H3/t18-,19-/m1/s1. The molecule has 0 spiro atoms. The molecule has 0 bridgehead atoms. The number of nitrogens with one attached hydrogen (secondary N) is 1. The van der Waals surface area contributed by atoms with E-state index >= 15 is 0 Å². The summed E-state index contributed by atoms with van der Waals surface area (Å²) in [5.74, 6) is 0.643. The van der Waals surface area contributed by atoms with Crippen molar-refractivity contribution in [2.24, 2.45) is 0 Å². The molecule has 6 heteroatoms. The fraction of sp³-hybridized carbons (Fsp3) is 0.400. The number of ether oxygens (including phenoxy) is 1. The van der Waals surface area contributed by atoms with Gasteiger partial charge in [0, 0.05) is 43.5 Å². The van der Waals surface area contributed by atoms with Gasteiger partial charge in [0.15, 0.2) is 0 Å². The Morgan fingerprint density at radius 2 is 2.08 bits per heavy atom. The Hall–Kier alpha value is -2.44. The number of hydrogen-bond donors (Lipinski definition) is 2. The van der Waals surface area contributed by atoms with Gasteiger partial charge in [-0.2, -0.15) is 0 Å². The van der Waals surface area contributed by atoms with Gasteiger partial charge in [-0.3, -0.25) is 9.78 Å². The number of likely N-dealkylation sites (tertiary alicyclic amines) is 1. The van der Waals surface area contributed by atoms with Gasteiger partial charge in [-0.05, 0) is 42.8 Å². The van der Waals surface area contributed by atoms with Crippen LogP contribution in [0.25, 0.3) is 0 Å². The van der Waals surface area contributed by atoms with Crippen LogP contribution in [0.4, 0.5) is 0 Å². The lowest BCUT2D eigenvalue weighted by Crippen LogP contribution is -2.40. The summed E-state index contributed by atoms with van der Waals surface area (Å²) in [5, 5.41) is 13.7. The van der Waals surface area contributed by atoms with Gasteiger partial charge < -0.3 is 20.1 Å². The first-order valence-corrected chi connectivity index (χ1v) is 8.83. The molecule has 0 saturated carbocycles. The number of β-amino-alcohol motifs (C(OH)–C–C–N with tert-alkyl or cyclic N) is 1. The molecule has 138 valence electrons. The first-order valence-electron chi connectivity index (χ1n) is 8.83. The van der Waals surface area contributed by atoms with Gasteiger partial charge in [-0.1, -0.05) is 6.07 Å². The van der Waals surface area contributed by atoms with E-state index in [-0.39, 0.29) is 11.9 Å². The van der Waals surface area contributed by atoms with Gasteiger partial charge in [-0.25, -0.2) is 0 Å². The number of carbonyl (C=O) groups excluding carboxylic acids is 1. The van der Waals surface area contributed by atoms with E-state index in [2.05, 4.69) is 10.3 Å². The summed E-state index contributed by atoms with van der Waals surface area (Å²) in [4.78, 5) is 18.7. The van der Waals surface area contributed by atoms with Crippen molar-refractivity contribution in [3.8, 4) is 5.75 Å². The highest BCUT2D eigenvalue weighted by Crippen LogP contribution is 2.17. The van der Waals surface area contributed by atoms with Gasteiger partial charge in [0.25, 0.3) is 5.91 Å². The van der Waals surface area contributed by atoms with Crippen LogP contribution < -0.4 is 10.1 Å². The van der Waals surface area contributed by atoms with Crippen LogP contribution in [-0.2, 0) is 6.42 Å². The van der Waals surface area contributed by atoms with E-state index in [9.17, 15) is 9.90 Å². The Morgan fingerprint density at radius 3 is 2.77 bits per heavy atom. The van der Waals surface area contributed by atoms with Gasteiger partial charge in [-0.15, -0.1) is 0 Å². The summed E-state index contributed by atoms with van der Waals surface area (Å²) in [6.45, 7) is 3.59. The second kappa shape index (κ2) is 8.29. The van der Waals surface area contributed by atoms with Crippen molar-refractivity contribution < 1.29 is 14.6 Å². The molecule has 1 fully saturated rings. The molecular weight excluding hydrogens is 330 g/mol. The molecule has 0 radical (unpaired) electrons. The van der Waals surface area contributed by atoms with Crippen molar-refractivity contribution in [1.82, 2.24) is 15.2 Å². The molecular formula is C20H25N3O3. The molecule has 2 aromatic rings. The molecule has 2 N–H and O–H groups in total. The smallest absolute Gasteiger partial charge is 0.254 e. The molecule has 2 heterocycles. The summed E-state index contributed by atoms with van der Waals surface area (Å²) >= 11 is 0. The zero-order valence-electron chi connectivity index (χ0n) is 15.2. The maximum absolute atomic E-state index is 12.6. The Balaban J connectivity index is 1.53. The monoisotopic (exact) mass is 355 g/mol. The van der Waals surface area contributed by atoms with Gasteiger partial charge >= 0.3 is 0 Å². The highest BCUT2D eigenvalue weighted by Gasteiger charge is 2.33. The number of aryl methyl sites for hydroxylation is 1. The fourth-order valence-corrected chi connectivity index (χ4v) is 3.23. The molecule has 1 saturated heterocycles. The number of carbonyl (C=O) groups is 1. The number of methoxy groups -OCH3 is 1. The largest absolute Gasteiger partial charge is 0.497 e. The average Bonchev–Trinajstić information content (AvgIpc) is 3.03. The maximum atomic E-state index is 12.6. The second-order valence-corrected chi connectivity index (χ2v) is 6.58. The minimum Gasteiger partial charge on any atom is -0.497 e. The predicted octanol–water partition coefficient (Wildman–Crippen LogP) is 1.42. The maximum Gasteiger partial charge on any atom is 0.254 e. The topological polar surface area (TPSA) is 74.7 Å². The van der Waals surface area contributed by atoms with E-state index in [0.717, 1.165) is 17.7 Å². The summed E-state index contributed by atoms with van der Waals surface area (Å²) in [5.41, 5.74) is 2.82. The van der Waals surface area contributed by atoms with Crippen LogP contribution in [0, 0.1) is 6.92 Å². The second-order valence-electron chi connectivity index (χ2n) is 6.58. The third-order valence-corrected chi connectivity index (χ3v) is 4.80. The number of aliphatic hydroxyl groups excluding tert-OH is 1. The number of benzene rings is 1. The zero-order valence-corrected chi connectivity index (χ0v) is 15.2. The van der Waals surface area contributed by atoms with E-state index < -0.39 is 6.10 Å². The lowest BCUT2D eigenvalue weighted by Gasteiger charge is -2.17. The van der Waals surface area contributed by atoms with Crippen LogP contribution in [0.1, 0.15) is 21.6 Å². The van der Waals surface area contributed by atoms with Crippen LogP contribution >= 0.6 is 0 Å². The number of amides is 1. The van der Waals surface area contributed by atoms with Gasteiger partial charge in [0.2, 0.25) is 0 Å². The summed E-state index contributed by atoms with van der Waals surface area (Å²) in [7, 11) is 1.59. The molecule has 6 nitrogen and oxygen atoms in total. The Labute approximate surface area is 153 Å². The molecule has 1 aliphatic heterocycles. The number of nitrogens with zero attached hydrogens (tertiary/aromatic N) is 2. The first kappa shape index (κ1) is 18.4. The van der Waals surface area contributed by atoms with Crippen LogP contribution in [0.2, 0.25) is 0 Å². The normalized spacial score (nSPS) is 19.6. The molecule has 1 aliphatic rings. The lowest BCUT2D eigenvalue weighted by atomic mass is 10.1. The van der Waals surface area contributed by atoms with Crippen molar-refractivity contribution in [2.45, 2.75) is 25.5 Å². The third-order valence-electron chi connectivity index (χ3n) is 4.80. The highest BCUT2D eigenvalue weighted by atomic mass is 16.5. The fourth-order valence-electron chi connectivity index (χ4n) is 3.23. The lowest BCUT2D eigenvalue weighted by molar-refractivity contribution is 0.0765. The minimum absolute atomic E-state index is 0.0726. The van der Waals surface area contributed by atoms with Gasteiger partial charge in [0.05, 0.1) is 19.3 Å². The van der Waals surface area contributed by atoms with Crippen LogP contribution in [0.5, 0.6) is 5.75 Å². The molecule has 0 aliphatic carbocycles. The summed E-state index contributed by atoms with van der Waals surface area (Å²) in [6, 6.07) is 10.9. The average molecular weight is 355 g/mol. The van der Waals surface area contributed by atoms with Crippen LogP contribution in [0.3, 0.4) is 0 Å². The Bertz CT molecular complexity index is 748. The van der Waals surface area contributed by atoms with Crippen molar-refractivity contribution >= 4 is 5.91 Å². The molecule has 26 heavy (non-hydrogen) atoms. The van der Waals surface area contributed by atoms with Gasteiger partial charge in [0.1, 0.15) is 5.75 Å². The highest BCUT2D eigenvalue weighted by molar-refractivity contribution is 5.94. The van der Waals surface area contributed by atoms with E-state index in [1.165, 1.54) is 0 Å². The van der Waals surface area contributed by atoms with Crippen LogP contribution in [-0.4, -0.2) is 59.8 Å². The minimum atomic E-state index is -0.568. The molecule has 3 rings (SSSR count). The first-order chi connectivity index (χ1) is 12.6. The number of pyridine rings is 1. The Morgan fingerprint density at radius 1 is 1.31 bits per heavy atom. The molecule has 1 amide bonds. The van der Waals surface area contributed by atoms with Crippen molar-refractivity contribution in [3.63, 3.8) is 0 Å². The van der Waals surface area contributed by atoms with E-state index in [0.29, 0.717) is 30.9 Å². The summed E-state index contributed by atoms with van der Waals surface area (Å²) in [6.07, 6.45) is 2.02. The van der Waals surface area contributed by atoms with Crippen LogP contribution in [0.15, 0.2) is 42.6 Å². The van der Waals surface area contributed by atoms with Crippen molar-refractivity contribution in [1.29, 1.82) is 0 Å². The molecule has 0 unspecified atom stereocenters. The van der Waals surface area contributed by atoms with E-state index in [1.807, 2.05) is 19.1 Å². The molecule has 1 aromatic heterocycles. The zero-order chi connectivity index (χ0) is 18.5. The number of aliphatic hydroxyl groups is 1. The molecule has 2 atom stereocenters. The summed E-state index contributed by atoms with van der Waals surface area (Å²) < 4.78 is 5.12. The number of aromatic nitrogens is 1. The van der Waals surface area contributed by atoms with E-state index in [1.54, 1.807) is 42.5 Å². The Kier molecular flexibility index (Phi) is 5.85. The van der Waals surface area contributed by atoms with Crippen molar-refractivity contribution in [2.75, 3.05) is 26.7 Å². The quantitative estimate of drug-likeness (QED) is 0.820.